The lowest BCUT2D eigenvalue weighted by molar-refractivity contribution is 0.221. The Morgan fingerprint density at radius 2 is 0.857 bits per heavy atom. The van der Waals surface area contributed by atoms with Gasteiger partial charge >= 0.3 is 0 Å². The van der Waals surface area contributed by atoms with Crippen LogP contribution in [0.5, 0.6) is 17.2 Å². The molecule has 0 atom stereocenters. The molecule has 0 aromatic heterocycles. The smallest absolute Gasteiger partial charge is 0.126 e. The van der Waals surface area contributed by atoms with Crippen molar-refractivity contribution in [3.63, 3.8) is 0 Å². The van der Waals surface area contributed by atoms with Crippen LogP contribution in [-0.4, -0.2) is 55.0 Å². The highest BCUT2D eigenvalue weighted by Gasteiger charge is 2.05. The summed E-state index contributed by atoms with van der Waals surface area (Å²) in [4.78, 5) is 0. The molecule has 0 spiro atoms. The van der Waals surface area contributed by atoms with Gasteiger partial charge in [0.1, 0.15) is 17.2 Å². The Balaban J connectivity index is 2.65. The minimum Gasteiger partial charge on any atom is -0.493 e. The quantitative estimate of drug-likeness (QED) is 0.499. The fourth-order valence-corrected chi connectivity index (χ4v) is 1.56. The highest BCUT2D eigenvalue weighted by atomic mass is 16.5. The summed E-state index contributed by atoms with van der Waals surface area (Å²) in [5.74, 6) is 1.80. The van der Waals surface area contributed by atoms with Crippen molar-refractivity contribution in [3.05, 3.63) is 18.2 Å². The molecule has 6 heteroatoms. The van der Waals surface area contributed by atoms with E-state index in [1.807, 2.05) is 0 Å². The van der Waals surface area contributed by atoms with E-state index >= 15 is 0 Å². The molecule has 6 nitrogen and oxygen atoms in total. The molecular formula is C15H24O6. The summed E-state index contributed by atoms with van der Waals surface area (Å²) in [6.45, 7) is 1.46. The van der Waals surface area contributed by atoms with Crippen molar-refractivity contribution in [1.82, 2.24) is 0 Å². The minimum atomic E-state index is 0.0759. The number of aliphatic hydroxyl groups is 3. The molecule has 0 heterocycles. The van der Waals surface area contributed by atoms with Gasteiger partial charge < -0.3 is 29.5 Å². The maximum Gasteiger partial charge on any atom is 0.126 e. The van der Waals surface area contributed by atoms with E-state index in [0.29, 0.717) is 56.3 Å². The second-order valence-electron chi connectivity index (χ2n) is 4.42. The van der Waals surface area contributed by atoms with Gasteiger partial charge in [-0.25, -0.2) is 0 Å². The van der Waals surface area contributed by atoms with Crippen LogP contribution in [0.1, 0.15) is 19.3 Å². The summed E-state index contributed by atoms with van der Waals surface area (Å²) >= 11 is 0. The normalized spacial score (nSPS) is 10.4. The van der Waals surface area contributed by atoms with Gasteiger partial charge in [-0.3, -0.25) is 0 Å². The topological polar surface area (TPSA) is 88.4 Å². The molecule has 0 aliphatic carbocycles. The molecule has 0 aliphatic rings. The van der Waals surface area contributed by atoms with Crippen LogP contribution >= 0.6 is 0 Å². The lowest BCUT2D eigenvalue weighted by Crippen LogP contribution is -2.04. The van der Waals surface area contributed by atoms with Crippen LogP contribution in [0.2, 0.25) is 0 Å². The Morgan fingerprint density at radius 1 is 0.571 bits per heavy atom. The maximum atomic E-state index is 8.76. The first kappa shape index (κ1) is 17.6. The molecular weight excluding hydrogens is 276 g/mol. The zero-order valence-corrected chi connectivity index (χ0v) is 12.2. The van der Waals surface area contributed by atoms with Crippen molar-refractivity contribution < 1.29 is 29.5 Å². The molecule has 0 saturated carbocycles. The third-order valence-corrected chi connectivity index (χ3v) is 2.57. The minimum absolute atomic E-state index is 0.0759. The molecule has 1 rings (SSSR count). The van der Waals surface area contributed by atoms with E-state index in [1.165, 1.54) is 0 Å². The van der Waals surface area contributed by atoms with Gasteiger partial charge in [0, 0.05) is 57.3 Å². The molecule has 21 heavy (non-hydrogen) atoms. The number of aliphatic hydroxyl groups excluding tert-OH is 3. The van der Waals surface area contributed by atoms with E-state index in [1.54, 1.807) is 18.2 Å². The second-order valence-corrected chi connectivity index (χ2v) is 4.42. The SMILES string of the molecule is OCCCOc1cc(OCCCO)cc(OCCCO)c1. The van der Waals surface area contributed by atoms with Crippen LogP contribution in [-0.2, 0) is 0 Å². The fraction of sp³-hybridized carbons (Fsp3) is 0.600. The average Bonchev–Trinajstić information content (AvgIpc) is 2.48. The Morgan fingerprint density at radius 3 is 1.10 bits per heavy atom. The number of hydrogen-bond donors (Lipinski definition) is 3. The van der Waals surface area contributed by atoms with Crippen LogP contribution in [0.15, 0.2) is 18.2 Å². The number of benzene rings is 1. The van der Waals surface area contributed by atoms with E-state index in [4.69, 9.17) is 29.5 Å². The Hall–Kier alpha value is -1.50. The molecule has 0 amide bonds. The van der Waals surface area contributed by atoms with Gasteiger partial charge in [0.2, 0.25) is 0 Å². The van der Waals surface area contributed by atoms with Gasteiger partial charge in [-0.15, -0.1) is 0 Å². The number of rotatable bonds is 12. The van der Waals surface area contributed by atoms with Gasteiger partial charge in [0.15, 0.2) is 0 Å². The van der Waals surface area contributed by atoms with Gasteiger partial charge in [0.05, 0.1) is 19.8 Å². The van der Waals surface area contributed by atoms with Crippen molar-refractivity contribution in [1.29, 1.82) is 0 Å². The monoisotopic (exact) mass is 300 g/mol. The van der Waals surface area contributed by atoms with Crippen LogP contribution in [0.25, 0.3) is 0 Å². The molecule has 1 aromatic rings. The predicted octanol–water partition coefficient (Wildman–Crippen LogP) is 0.970. The molecule has 0 unspecified atom stereocenters. The third kappa shape index (κ3) is 7.75. The van der Waals surface area contributed by atoms with Crippen LogP contribution in [0, 0.1) is 0 Å². The summed E-state index contributed by atoms with van der Waals surface area (Å²) in [6, 6.07) is 5.23. The first-order chi connectivity index (χ1) is 10.3. The first-order valence-corrected chi connectivity index (χ1v) is 7.16. The Kier molecular flexibility index (Phi) is 9.35. The summed E-state index contributed by atoms with van der Waals surface area (Å²) in [7, 11) is 0. The highest BCUT2D eigenvalue weighted by Crippen LogP contribution is 2.28. The van der Waals surface area contributed by atoms with Crippen LogP contribution in [0.3, 0.4) is 0 Å². The maximum absolute atomic E-state index is 8.76. The molecule has 120 valence electrons. The first-order valence-electron chi connectivity index (χ1n) is 7.16. The lowest BCUT2D eigenvalue weighted by Gasteiger charge is -2.12. The van der Waals surface area contributed by atoms with Gasteiger partial charge in [-0.05, 0) is 0 Å². The van der Waals surface area contributed by atoms with E-state index in [-0.39, 0.29) is 19.8 Å². The summed E-state index contributed by atoms with van der Waals surface area (Å²) in [5.41, 5.74) is 0. The lowest BCUT2D eigenvalue weighted by atomic mass is 10.3. The van der Waals surface area contributed by atoms with E-state index in [0.717, 1.165) is 0 Å². The van der Waals surface area contributed by atoms with Crippen molar-refractivity contribution in [2.24, 2.45) is 0 Å². The molecule has 0 saturated heterocycles. The van der Waals surface area contributed by atoms with Crippen molar-refractivity contribution in [3.8, 4) is 17.2 Å². The second kappa shape index (κ2) is 11.2. The summed E-state index contributed by atoms with van der Waals surface area (Å²) in [6.07, 6.45) is 1.66. The van der Waals surface area contributed by atoms with Crippen molar-refractivity contribution in [2.45, 2.75) is 19.3 Å². The Labute approximate surface area is 124 Å². The third-order valence-electron chi connectivity index (χ3n) is 2.57. The number of hydrogen-bond acceptors (Lipinski definition) is 6. The molecule has 1 aromatic carbocycles. The largest absolute Gasteiger partial charge is 0.493 e. The summed E-state index contributed by atoms with van der Waals surface area (Å²) < 4.78 is 16.6. The zero-order valence-electron chi connectivity index (χ0n) is 12.2. The fourth-order valence-electron chi connectivity index (χ4n) is 1.56. The van der Waals surface area contributed by atoms with E-state index < -0.39 is 0 Å². The zero-order chi connectivity index (χ0) is 15.3. The van der Waals surface area contributed by atoms with Gasteiger partial charge in [-0.1, -0.05) is 0 Å². The van der Waals surface area contributed by atoms with E-state index in [2.05, 4.69) is 0 Å². The average molecular weight is 300 g/mol. The summed E-state index contributed by atoms with van der Waals surface area (Å²) in [5, 5.41) is 26.3. The predicted molar refractivity (Wildman–Crippen MR) is 78.0 cm³/mol. The van der Waals surface area contributed by atoms with Crippen molar-refractivity contribution in [2.75, 3.05) is 39.6 Å². The van der Waals surface area contributed by atoms with Crippen LogP contribution < -0.4 is 14.2 Å². The molecule has 0 radical (unpaired) electrons. The standard InChI is InChI=1S/C15H24O6/c16-4-1-7-19-13-10-14(20-8-2-5-17)12-15(11-13)21-9-3-6-18/h10-12,16-18H,1-9H2. The molecule has 0 aliphatic heterocycles. The number of ether oxygens (including phenoxy) is 3. The van der Waals surface area contributed by atoms with Gasteiger partial charge in [0.25, 0.3) is 0 Å². The van der Waals surface area contributed by atoms with E-state index in [9.17, 15) is 0 Å². The van der Waals surface area contributed by atoms with Gasteiger partial charge in [-0.2, -0.15) is 0 Å². The molecule has 3 N–H and O–H groups in total. The Bertz CT molecular complexity index is 313. The molecule has 0 bridgehead atoms. The highest BCUT2D eigenvalue weighted by molar-refractivity contribution is 5.42. The van der Waals surface area contributed by atoms with Crippen LogP contribution in [0.4, 0.5) is 0 Å². The molecule has 0 fully saturated rings. The van der Waals surface area contributed by atoms with Crippen molar-refractivity contribution >= 4 is 0 Å².